The molecule has 16 heavy (non-hydrogen) atoms. The number of rotatable bonds is 0. The highest BCUT2D eigenvalue weighted by Crippen LogP contribution is 2.40. The predicted octanol–water partition coefficient (Wildman–Crippen LogP) is 0.454. The van der Waals surface area contributed by atoms with E-state index < -0.39 is 5.91 Å². The summed E-state index contributed by atoms with van der Waals surface area (Å²) in [4.78, 5) is 23.7. The Morgan fingerprint density at radius 2 is 2.00 bits per heavy atom. The van der Waals surface area contributed by atoms with Crippen molar-refractivity contribution in [3.8, 4) is 0 Å². The second kappa shape index (κ2) is 3.02. The van der Waals surface area contributed by atoms with Gasteiger partial charge >= 0.3 is 0 Å². The first-order valence-electron chi connectivity index (χ1n) is 5.10. The molecule has 0 bridgehead atoms. The monoisotopic (exact) mass is 214 g/mol. The zero-order chi connectivity index (χ0) is 11.3. The zero-order valence-electron chi connectivity index (χ0n) is 8.46. The minimum atomic E-state index is -0.392. The molecule has 0 aromatic heterocycles. The van der Waals surface area contributed by atoms with Gasteiger partial charge in [-0.1, -0.05) is 36.5 Å². The number of carbonyl (C=O) groups is 2. The number of imide groups is 1. The van der Waals surface area contributed by atoms with E-state index in [-0.39, 0.29) is 17.7 Å². The Bertz CT molecular complexity index is 511. The SMILES string of the molecule is NN1C(=O)C2=CC=CC3=CC=C[C@@H](C1=O)[C@H]32. The van der Waals surface area contributed by atoms with Crippen LogP contribution in [0.4, 0.5) is 0 Å². The summed E-state index contributed by atoms with van der Waals surface area (Å²) in [6.07, 6.45) is 11.0. The average molecular weight is 214 g/mol. The first-order valence-corrected chi connectivity index (χ1v) is 5.10. The van der Waals surface area contributed by atoms with E-state index in [0.717, 1.165) is 10.6 Å². The van der Waals surface area contributed by atoms with Gasteiger partial charge in [0.05, 0.1) is 5.92 Å². The molecule has 3 rings (SSSR count). The summed E-state index contributed by atoms with van der Waals surface area (Å²) >= 11 is 0. The lowest BCUT2D eigenvalue weighted by molar-refractivity contribution is -0.148. The molecule has 2 atom stereocenters. The molecule has 4 heteroatoms. The standard InChI is InChI=1S/C12H10N2O2/c13-14-11(15)8-5-1-3-7-4-2-6-9(10(7)8)12(14)16/h1-6,8,10H,13H2/t8-,10+/m1/s1. The molecule has 0 unspecified atom stereocenters. The van der Waals surface area contributed by atoms with Crippen molar-refractivity contribution in [2.24, 2.45) is 17.7 Å². The summed E-state index contributed by atoms with van der Waals surface area (Å²) < 4.78 is 0. The summed E-state index contributed by atoms with van der Waals surface area (Å²) in [6, 6.07) is 0. The van der Waals surface area contributed by atoms with Gasteiger partial charge in [0.25, 0.3) is 11.8 Å². The van der Waals surface area contributed by atoms with Crippen LogP contribution in [-0.4, -0.2) is 16.8 Å². The second-order valence-electron chi connectivity index (χ2n) is 4.05. The van der Waals surface area contributed by atoms with Gasteiger partial charge in [-0.3, -0.25) is 9.59 Å². The molecule has 1 aliphatic heterocycles. The first kappa shape index (κ1) is 9.30. The highest BCUT2D eigenvalue weighted by atomic mass is 16.2. The fraction of sp³-hybridized carbons (Fsp3) is 0.167. The molecule has 2 N–H and O–H groups in total. The van der Waals surface area contributed by atoms with E-state index in [1.807, 2.05) is 24.3 Å². The third-order valence-corrected chi connectivity index (χ3v) is 3.21. The maximum atomic E-state index is 11.9. The number of hydrogen-bond acceptors (Lipinski definition) is 3. The molecule has 0 saturated carbocycles. The van der Waals surface area contributed by atoms with Crippen LogP contribution < -0.4 is 5.84 Å². The summed E-state index contributed by atoms with van der Waals surface area (Å²) in [5, 5.41) is 0.722. The first-order chi connectivity index (χ1) is 7.70. The Morgan fingerprint density at radius 1 is 1.19 bits per heavy atom. The highest BCUT2D eigenvalue weighted by Gasteiger charge is 2.44. The fourth-order valence-corrected chi connectivity index (χ4v) is 2.44. The molecule has 0 radical (unpaired) electrons. The van der Waals surface area contributed by atoms with Crippen molar-refractivity contribution >= 4 is 11.8 Å². The summed E-state index contributed by atoms with van der Waals surface area (Å²) in [5.41, 5.74) is 1.60. The molecule has 3 aliphatic rings. The van der Waals surface area contributed by atoms with Gasteiger partial charge in [-0.25, -0.2) is 10.9 Å². The van der Waals surface area contributed by atoms with Gasteiger partial charge in [-0.2, -0.15) is 0 Å². The Morgan fingerprint density at radius 3 is 2.81 bits per heavy atom. The second-order valence-corrected chi connectivity index (χ2v) is 4.05. The Balaban J connectivity index is 2.18. The number of nitrogens with two attached hydrogens (primary N) is 1. The largest absolute Gasteiger partial charge is 0.272 e. The van der Waals surface area contributed by atoms with Crippen molar-refractivity contribution in [1.82, 2.24) is 5.01 Å². The lowest BCUT2D eigenvalue weighted by Gasteiger charge is -2.37. The average Bonchev–Trinajstić information content (AvgIpc) is 2.33. The molecule has 0 aromatic carbocycles. The van der Waals surface area contributed by atoms with Crippen LogP contribution in [0.2, 0.25) is 0 Å². The van der Waals surface area contributed by atoms with E-state index in [0.29, 0.717) is 5.57 Å². The molecule has 80 valence electrons. The van der Waals surface area contributed by atoms with Crippen molar-refractivity contribution in [3.05, 3.63) is 47.6 Å². The van der Waals surface area contributed by atoms with Crippen molar-refractivity contribution in [2.75, 3.05) is 0 Å². The predicted molar refractivity (Wildman–Crippen MR) is 57.5 cm³/mol. The van der Waals surface area contributed by atoms with E-state index in [1.54, 1.807) is 12.2 Å². The minimum absolute atomic E-state index is 0.144. The van der Waals surface area contributed by atoms with Crippen LogP contribution in [0.3, 0.4) is 0 Å². The molecular weight excluding hydrogens is 204 g/mol. The summed E-state index contributed by atoms with van der Waals surface area (Å²) in [6.45, 7) is 0. The van der Waals surface area contributed by atoms with Crippen LogP contribution in [-0.2, 0) is 9.59 Å². The molecule has 2 amide bonds. The number of hydrogen-bond donors (Lipinski definition) is 1. The minimum Gasteiger partial charge on any atom is -0.272 e. The van der Waals surface area contributed by atoms with Crippen molar-refractivity contribution < 1.29 is 9.59 Å². The third-order valence-electron chi connectivity index (χ3n) is 3.21. The molecule has 1 heterocycles. The number of allylic oxidation sites excluding steroid dienone is 6. The maximum Gasteiger partial charge on any atom is 0.271 e. The van der Waals surface area contributed by atoms with Gasteiger partial charge < -0.3 is 0 Å². The van der Waals surface area contributed by atoms with Crippen LogP contribution in [0.25, 0.3) is 0 Å². The van der Waals surface area contributed by atoms with Crippen molar-refractivity contribution in [2.45, 2.75) is 0 Å². The smallest absolute Gasteiger partial charge is 0.271 e. The van der Waals surface area contributed by atoms with Crippen LogP contribution in [0.1, 0.15) is 0 Å². The molecule has 1 saturated heterocycles. The van der Waals surface area contributed by atoms with Crippen molar-refractivity contribution in [3.63, 3.8) is 0 Å². The number of piperidine rings is 1. The fourth-order valence-electron chi connectivity index (χ4n) is 2.44. The molecule has 1 fully saturated rings. The third kappa shape index (κ3) is 1.02. The van der Waals surface area contributed by atoms with E-state index in [2.05, 4.69) is 0 Å². The Kier molecular flexibility index (Phi) is 1.76. The van der Waals surface area contributed by atoms with E-state index in [9.17, 15) is 9.59 Å². The van der Waals surface area contributed by atoms with Crippen LogP contribution in [0, 0.1) is 11.8 Å². The lowest BCUT2D eigenvalue weighted by atomic mass is 9.72. The van der Waals surface area contributed by atoms with Gasteiger partial charge in [0.1, 0.15) is 0 Å². The van der Waals surface area contributed by atoms with E-state index in [1.165, 1.54) is 0 Å². The van der Waals surface area contributed by atoms with Gasteiger partial charge in [-0.05, 0) is 5.57 Å². The van der Waals surface area contributed by atoms with E-state index in [4.69, 9.17) is 5.84 Å². The normalized spacial score (nSPS) is 31.2. The lowest BCUT2D eigenvalue weighted by Crippen LogP contribution is -2.54. The topological polar surface area (TPSA) is 63.4 Å². The van der Waals surface area contributed by atoms with Crippen LogP contribution in [0.5, 0.6) is 0 Å². The highest BCUT2D eigenvalue weighted by molar-refractivity contribution is 6.09. The number of hydrazine groups is 1. The van der Waals surface area contributed by atoms with Crippen LogP contribution in [0.15, 0.2) is 47.6 Å². The molecule has 0 aromatic rings. The van der Waals surface area contributed by atoms with Crippen molar-refractivity contribution in [1.29, 1.82) is 0 Å². The van der Waals surface area contributed by atoms with Gasteiger partial charge in [0, 0.05) is 11.5 Å². The molecule has 2 aliphatic carbocycles. The van der Waals surface area contributed by atoms with Gasteiger partial charge in [0.2, 0.25) is 0 Å². The van der Waals surface area contributed by atoms with Crippen LogP contribution >= 0.6 is 0 Å². The number of carbonyl (C=O) groups excluding carboxylic acids is 2. The quantitative estimate of drug-likeness (QED) is 0.362. The van der Waals surface area contributed by atoms with Gasteiger partial charge in [-0.15, -0.1) is 0 Å². The van der Waals surface area contributed by atoms with Gasteiger partial charge in [0.15, 0.2) is 0 Å². The maximum absolute atomic E-state index is 11.9. The number of amides is 2. The Hall–Kier alpha value is -1.94. The number of nitrogens with zero attached hydrogens (tertiary/aromatic N) is 1. The zero-order valence-corrected chi connectivity index (χ0v) is 8.46. The molecule has 4 nitrogen and oxygen atoms in total. The molecule has 0 spiro atoms. The summed E-state index contributed by atoms with van der Waals surface area (Å²) in [5.74, 6) is 4.28. The van der Waals surface area contributed by atoms with E-state index >= 15 is 0 Å². The Labute approximate surface area is 92.4 Å². The molecular formula is C12H10N2O2. The summed E-state index contributed by atoms with van der Waals surface area (Å²) in [7, 11) is 0.